The van der Waals surface area contributed by atoms with Crippen LogP contribution in [0, 0.1) is 5.92 Å². The van der Waals surface area contributed by atoms with Gasteiger partial charge in [0.05, 0.1) is 11.3 Å². The highest BCUT2D eigenvalue weighted by molar-refractivity contribution is 8.00. The third-order valence-corrected chi connectivity index (χ3v) is 6.63. The Bertz CT molecular complexity index is 778. The van der Waals surface area contributed by atoms with Gasteiger partial charge in [0, 0.05) is 28.7 Å². The molecule has 2 aromatic rings. The van der Waals surface area contributed by atoms with Gasteiger partial charge in [-0.15, -0.1) is 11.8 Å². The van der Waals surface area contributed by atoms with E-state index in [-0.39, 0.29) is 17.2 Å². The molecule has 1 aliphatic heterocycles. The Labute approximate surface area is 177 Å². The van der Waals surface area contributed by atoms with Gasteiger partial charge >= 0.3 is 0 Å². The zero-order chi connectivity index (χ0) is 20.1. The Hall–Kier alpha value is -1.65. The Balaban J connectivity index is 1.55. The maximum absolute atomic E-state index is 12.6. The van der Waals surface area contributed by atoms with Crippen molar-refractivity contribution in [3.63, 3.8) is 0 Å². The van der Waals surface area contributed by atoms with Crippen LogP contribution >= 0.6 is 23.4 Å². The molecule has 0 saturated carbocycles. The van der Waals surface area contributed by atoms with E-state index in [0.29, 0.717) is 5.02 Å². The van der Waals surface area contributed by atoms with Gasteiger partial charge in [-0.05, 0) is 74.6 Å². The minimum atomic E-state index is -0.169. The summed E-state index contributed by atoms with van der Waals surface area (Å²) in [5.74, 6) is 0.799. The number of amides is 1. The number of benzene rings is 2. The molecular weight excluding hydrogens is 388 g/mol. The van der Waals surface area contributed by atoms with Crippen molar-refractivity contribution in [1.29, 1.82) is 0 Å². The number of carbonyl (C=O) groups is 1. The van der Waals surface area contributed by atoms with Crippen molar-refractivity contribution >= 4 is 35.0 Å². The van der Waals surface area contributed by atoms with Crippen molar-refractivity contribution in [2.45, 2.75) is 49.8 Å². The monoisotopic (exact) mass is 416 g/mol. The molecule has 2 aromatic carbocycles. The Morgan fingerprint density at radius 2 is 1.82 bits per heavy atom. The van der Waals surface area contributed by atoms with Crippen LogP contribution in [0.25, 0.3) is 0 Å². The number of nitrogens with zero attached hydrogens (tertiary/aromatic N) is 1. The molecule has 0 aromatic heterocycles. The predicted octanol–water partition coefficient (Wildman–Crippen LogP) is 5.93. The number of carbonyl (C=O) groups excluding carboxylic acids is 1. The van der Waals surface area contributed by atoms with Gasteiger partial charge in [0.25, 0.3) is 0 Å². The fraction of sp³-hybridized carbons (Fsp3) is 0.435. The summed E-state index contributed by atoms with van der Waals surface area (Å²) in [5, 5.41) is 3.67. The van der Waals surface area contributed by atoms with E-state index in [1.165, 1.54) is 18.5 Å². The molecule has 1 heterocycles. The number of hydrogen-bond acceptors (Lipinski definition) is 3. The number of hydrogen-bond donors (Lipinski definition) is 1. The van der Waals surface area contributed by atoms with E-state index in [2.05, 4.69) is 41.4 Å². The number of piperidine rings is 1. The third kappa shape index (κ3) is 5.68. The van der Waals surface area contributed by atoms with E-state index in [1.807, 2.05) is 38.1 Å². The van der Waals surface area contributed by atoms with Gasteiger partial charge in [-0.2, -0.15) is 0 Å². The van der Waals surface area contributed by atoms with E-state index in [0.717, 1.165) is 29.5 Å². The van der Waals surface area contributed by atoms with E-state index in [9.17, 15) is 4.79 Å². The first-order valence-corrected chi connectivity index (χ1v) is 11.3. The topological polar surface area (TPSA) is 32.3 Å². The van der Waals surface area contributed by atoms with Crippen LogP contribution in [0.1, 0.15) is 45.2 Å². The van der Waals surface area contributed by atoms with Crippen LogP contribution in [0.3, 0.4) is 0 Å². The number of thioether (sulfide) groups is 1. The van der Waals surface area contributed by atoms with E-state index in [4.69, 9.17) is 11.6 Å². The SMILES string of the molecule is C[C@@H]1CCCN(c2ccc([C@@H](C)NC(=O)[C@H](C)Sc3ccc(Cl)cc3)cc2)C1. The number of anilines is 1. The zero-order valence-electron chi connectivity index (χ0n) is 16.8. The van der Waals surface area contributed by atoms with Crippen molar-refractivity contribution in [1.82, 2.24) is 5.32 Å². The molecule has 1 saturated heterocycles. The first-order valence-electron chi connectivity index (χ1n) is 10.00. The molecular formula is C23H29ClN2OS. The van der Waals surface area contributed by atoms with Crippen LogP contribution in [0.4, 0.5) is 5.69 Å². The van der Waals surface area contributed by atoms with Crippen molar-refractivity contribution < 1.29 is 4.79 Å². The van der Waals surface area contributed by atoms with Crippen molar-refractivity contribution in [3.8, 4) is 0 Å². The molecule has 5 heteroatoms. The minimum Gasteiger partial charge on any atom is -0.371 e. The van der Waals surface area contributed by atoms with Gasteiger partial charge in [-0.25, -0.2) is 0 Å². The maximum atomic E-state index is 12.6. The van der Waals surface area contributed by atoms with Crippen molar-refractivity contribution in [3.05, 3.63) is 59.1 Å². The maximum Gasteiger partial charge on any atom is 0.233 e. The van der Waals surface area contributed by atoms with Crippen molar-refractivity contribution in [2.75, 3.05) is 18.0 Å². The van der Waals surface area contributed by atoms with Crippen LogP contribution < -0.4 is 10.2 Å². The first kappa shape index (κ1) is 21.1. The van der Waals surface area contributed by atoms with Crippen LogP contribution in [-0.2, 0) is 4.79 Å². The van der Waals surface area contributed by atoms with Crippen LogP contribution in [0.5, 0.6) is 0 Å². The average molecular weight is 417 g/mol. The summed E-state index contributed by atoms with van der Waals surface area (Å²) in [6.07, 6.45) is 2.59. The van der Waals surface area contributed by atoms with E-state index < -0.39 is 0 Å². The second-order valence-electron chi connectivity index (χ2n) is 7.73. The van der Waals surface area contributed by atoms with E-state index in [1.54, 1.807) is 11.8 Å². The summed E-state index contributed by atoms with van der Waals surface area (Å²) in [7, 11) is 0. The lowest BCUT2D eigenvalue weighted by Crippen LogP contribution is -2.34. The average Bonchev–Trinajstić information content (AvgIpc) is 2.69. The predicted molar refractivity (Wildman–Crippen MR) is 120 cm³/mol. The number of halogens is 1. The second-order valence-corrected chi connectivity index (χ2v) is 9.58. The van der Waals surface area contributed by atoms with Crippen LogP contribution in [-0.4, -0.2) is 24.2 Å². The van der Waals surface area contributed by atoms with Gasteiger partial charge in [-0.3, -0.25) is 4.79 Å². The fourth-order valence-corrected chi connectivity index (χ4v) is 4.59. The molecule has 0 spiro atoms. The molecule has 0 aliphatic carbocycles. The molecule has 0 bridgehead atoms. The summed E-state index contributed by atoms with van der Waals surface area (Å²) in [5.41, 5.74) is 2.41. The molecule has 3 nitrogen and oxygen atoms in total. The number of nitrogens with one attached hydrogen (secondary N) is 1. The Morgan fingerprint density at radius 3 is 2.46 bits per heavy atom. The lowest BCUT2D eigenvalue weighted by atomic mass is 9.99. The quantitative estimate of drug-likeness (QED) is 0.592. The normalized spacial score (nSPS) is 19.1. The second kappa shape index (κ2) is 9.71. The molecule has 28 heavy (non-hydrogen) atoms. The van der Waals surface area contributed by atoms with Gasteiger partial charge in [0.1, 0.15) is 0 Å². The zero-order valence-corrected chi connectivity index (χ0v) is 18.4. The third-order valence-electron chi connectivity index (χ3n) is 5.27. The lowest BCUT2D eigenvalue weighted by Gasteiger charge is -2.33. The minimum absolute atomic E-state index is 0.0184. The summed E-state index contributed by atoms with van der Waals surface area (Å²) in [6, 6.07) is 16.2. The summed E-state index contributed by atoms with van der Waals surface area (Å²) >= 11 is 7.47. The molecule has 1 amide bonds. The van der Waals surface area contributed by atoms with Gasteiger partial charge in [0.15, 0.2) is 0 Å². The standard InChI is InChI=1S/C23H29ClN2OS/c1-16-5-4-14-26(15-16)21-10-6-19(7-11-21)17(2)25-23(27)18(3)28-22-12-8-20(24)9-13-22/h6-13,16-18H,4-5,14-15H2,1-3H3,(H,25,27)/t16-,17-,18+/m1/s1. The highest BCUT2D eigenvalue weighted by Crippen LogP contribution is 2.27. The Kier molecular flexibility index (Phi) is 7.30. The fourth-order valence-electron chi connectivity index (χ4n) is 3.58. The lowest BCUT2D eigenvalue weighted by molar-refractivity contribution is -0.120. The Morgan fingerprint density at radius 1 is 1.14 bits per heavy atom. The molecule has 3 atom stereocenters. The molecule has 150 valence electrons. The van der Waals surface area contributed by atoms with Crippen LogP contribution in [0.2, 0.25) is 5.02 Å². The van der Waals surface area contributed by atoms with Crippen LogP contribution in [0.15, 0.2) is 53.4 Å². The van der Waals surface area contributed by atoms with E-state index >= 15 is 0 Å². The number of rotatable bonds is 6. The highest BCUT2D eigenvalue weighted by atomic mass is 35.5. The summed E-state index contributed by atoms with van der Waals surface area (Å²) in [4.78, 5) is 16.1. The molecule has 0 radical (unpaired) electrons. The van der Waals surface area contributed by atoms with Crippen molar-refractivity contribution in [2.24, 2.45) is 5.92 Å². The smallest absolute Gasteiger partial charge is 0.233 e. The largest absolute Gasteiger partial charge is 0.371 e. The highest BCUT2D eigenvalue weighted by Gasteiger charge is 2.19. The van der Waals surface area contributed by atoms with Gasteiger partial charge in [0.2, 0.25) is 5.91 Å². The van der Waals surface area contributed by atoms with Gasteiger partial charge in [-0.1, -0.05) is 30.7 Å². The molecule has 0 unspecified atom stereocenters. The van der Waals surface area contributed by atoms with Gasteiger partial charge < -0.3 is 10.2 Å². The first-order chi connectivity index (χ1) is 13.4. The summed E-state index contributed by atoms with van der Waals surface area (Å²) in [6.45, 7) is 8.55. The molecule has 1 N–H and O–H groups in total. The summed E-state index contributed by atoms with van der Waals surface area (Å²) < 4.78 is 0. The molecule has 1 aliphatic rings. The molecule has 1 fully saturated rings. The molecule has 3 rings (SSSR count).